The summed E-state index contributed by atoms with van der Waals surface area (Å²) in [6, 6.07) is 21.0. The summed E-state index contributed by atoms with van der Waals surface area (Å²) in [7, 11) is 0. The van der Waals surface area contributed by atoms with Gasteiger partial charge < -0.3 is 24.8 Å². The van der Waals surface area contributed by atoms with Gasteiger partial charge in [-0.3, -0.25) is 9.59 Å². The van der Waals surface area contributed by atoms with E-state index in [1.54, 1.807) is 31.2 Å². The number of amides is 2. The molecule has 0 aliphatic carbocycles. The van der Waals surface area contributed by atoms with Crippen LogP contribution < -0.4 is 20.1 Å². The van der Waals surface area contributed by atoms with E-state index in [1.807, 2.05) is 12.1 Å². The van der Waals surface area contributed by atoms with Crippen LogP contribution in [0.5, 0.6) is 11.5 Å². The van der Waals surface area contributed by atoms with Gasteiger partial charge in [0.15, 0.2) is 0 Å². The molecule has 3 aromatic rings. The van der Waals surface area contributed by atoms with Crippen LogP contribution in [0.2, 0.25) is 0 Å². The van der Waals surface area contributed by atoms with Crippen molar-refractivity contribution in [1.82, 2.24) is 0 Å². The Morgan fingerprint density at radius 1 is 0.789 bits per heavy atom. The molecule has 0 saturated heterocycles. The minimum absolute atomic E-state index is 0.0807. The zero-order valence-corrected chi connectivity index (χ0v) is 22.2. The van der Waals surface area contributed by atoms with E-state index in [0.717, 1.165) is 5.75 Å². The number of rotatable bonds is 10. The molecular weight excluding hydrogens is 484 g/mol. The fraction of sp³-hybridized carbons (Fsp3) is 0.300. The van der Waals surface area contributed by atoms with E-state index in [4.69, 9.17) is 14.2 Å². The molecule has 0 aliphatic rings. The Hall–Kier alpha value is -4.33. The Labute approximate surface area is 223 Å². The lowest BCUT2D eigenvalue weighted by molar-refractivity contribution is -0.116. The average molecular weight is 519 g/mol. The third kappa shape index (κ3) is 8.65. The monoisotopic (exact) mass is 518 g/mol. The molecule has 0 fully saturated rings. The first-order valence-electron chi connectivity index (χ1n) is 12.5. The summed E-state index contributed by atoms with van der Waals surface area (Å²) in [5.74, 6) is 0.477. The van der Waals surface area contributed by atoms with E-state index in [1.165, 1.54) is 29.8 Å². The molecule has 0 spiro atoms. The van der Waals surface area contributed by atoms with Gasteiger partial charge in [-0.05, 0) is 72.9 Å². The van der Waals surface area contributed by atoms with Crippen LogP contribution in [0.1, 0.15) is 56.5 Å². The van der Waals surface area contributed by atoms with Crippen molar-refractivity contribution in [3.8, 4) is 11.5 Å². The highest BCUT2D eigenvalue weighted by atomic mass is 16.7. The van der Waals surface area contributed by atoms with Crippen LogP contribution in [0.4, 0.5) is 16.2 Å². The van der Waals surface area contributed by atoms with Crippen molar-refractivity contribution in [2.75, 3.05) is 23.8 Å². The predicted octanol–water partition coefficient (Wildman–Crippen LogP) is 6.57. The van der Waals surface area contributed by atoms with Crippen LogP contribution in [0.15, 0.2) is 72.8 Å². The molecular formula is C30H34N2O6. The summed E-state index contributed by atoms with van der Waals surface area (Å²) in [4.78, 5) is 36.7. The molecule has 0 aliphatic heterocycles. The highest BCUT2D eigenvalue weighted by Crippen LogP contribution is 2.25. The molecule has 0 unspecified atom stereocenters. The Kier molecular flexibility index (Phi) is 9.87. The van der Waals surface area contributed by atoms with E-state index in [9.17, 15) is 14.4 Å². The molecule has 2 N–H and O–H groups in total. The molecule has 0 atom stereocenters. The lowest BCUT2D eigenvalue weighted by Gasteiger charge is -2.19. The van der Waals surface area contributed by atoms with Gasteiger partial charge in [0.05, 0.1) is 24.6 Å². The molecule has 8 nitrogen and oxygen atoms in total. The van der Waals surface area contributed by atoms with Gasteiger partial charge in [0.1, 0.15) is 11.5 Å². The van der Waals surface area contributed by atoms with E-state index in [0.29, 0.717) is 30.0 Å². The maximum Gasteiger partial charge on any atom is 0.513 e. The molecule has 0 heterocycles. The molecule has 0 radical (unpaired) electrons. The van der Waals surface area contributed by atoms with Crippen LogP contribution in [-0.4, -0.2) is 31.2 Å². The lowest BCUT2D eigenvalue weighted by Crippen LogP contribution is -2.17. The molecule has 38 heavy (non-hydrogen) atoms. The van der Waals surface area contributed by atoms with Crippen molar-refractivity contribution in [1.29, 1.82) is 0 Å². The van der Waals surface area contributed by atoms with Crippen LogP contribution >= 0.6 is 0 Å². The van der Waals surface area contributed by atoms with E-state index in [-0.39, 0.29) is 36.0 Å². The van der Waals surface area contributed by atoms with Gasteiger partial charge in [0.25, 0.3) is 5.91 Å². The Morgan fingerprint density at radius 2 is 1.39 bits per heavy atom. The molecule has 2 amide bonds. The summed E-state index contributed by atoms with van der Waals surface area (Å²) >= 11 is 0. The van der Waals surface area contributed by atoms with Crippen LogP contribution in [0.3, 0.4) is 0 Å². The predicted molar refractivity (Wildman–Crippen MR) is 147 cm³/mol. The summed E-state index contributed by atoms with van der Waals surface area (Å²) in [6.07, 6.45) is 0.00184. The number of hydrogen-bond acceptors (Lipinski definition) is 6. The second-order valence-electron chi connectivity index (χ2n) is 9.58. The van der Waals surface area contributed by atoms with Gasteiger partial charge in [-0.1, -0.05) is 45.0 Å². The highest BCUT2D eigenvalue weighted by molar-refractivity contribution is 6.07. The number of hydrogen-bond donors (Lipinski definition) is 2. The van der Waals surface area contributed by atoms with Crippen molar-refractivity contribution in [3.05, 3.63) is 83.9 Å². The molecule has 0 bridgehead atoms. The SMILES string of the molecule is CCOC(=O)Oc1ccc(C(=O)Nc2ccccc2NC(=O)CCCOc2ccc(C(C)(C)C)cc2)cc1. The fourth-order valence-corrected chi connectivity index (χ4v) is 3.50. The number of carbonyl (C=O) groups is 3. The van der Waals surface area contributed by atoms with Gasteiger partial charge in [-0.2, -0.15) is 0 Å². The topological polar surface area (TPSA) is 103 Å². The quantitative estimate of drug-likeness (QED) is 0.179. The van der Waals surface area contributed by atoms with Crippen LogP contribution in [0.25, 0.3) is 0 Å². The number of nitrogens with one attached hydrogen (secondary N) is 2. The van der Waals surface area contributed by atoms with E-state index >= 15 is 0 Å². The maximum atomic E-state index is 12.7. The van der Waals surface area contributed by atoms with Crippen molar-refractivity contribution in [2.45, 2.75) is 46.0 Å². The molecule has 3 rings (SSSR count). The minimum Gasteiger partial charge on any atom is -0.494 e. The van der Waals surface area contributed by atoms with Crippen molar-refractivity contribution in [2.24, 2.45) is 0 Å². The second kappa shape index (κ2) is 13.3. The molecule has 0 saturated carbocycles. The van der Waals surface area contributed by atoms with Crippen molar-refractivity contribution in [3.63, 3.8) is 0 Å². The smallest absolute Gasteiger partial charge is 0.494 e. The lowest BCUT2D eigenvalue weighted by atomic mass is 9.87. The summed E-state index contributed by atoms with van der Waals surface area (Å²) in [6.45, 7) is 8.77. The number of benzene rings is 3. The number of anilines is 2. The first kappa shape index (κ1) is 28.2. The third-order valence-electron chi connectivity index (χ3n) is 5.57. The second-order valence-corrected chi connectivity index (χ2v) is 9.58. The molecule has 200 valence electrons. The fourth-order valence-electron chi connectivity index (χ4n) is 3.50. The van der Waals surface area contributed by atoms with E-state index in [2.05, 4.69) is 43.5 Å². The Morgan fingerprint density at radius 3 is 2.00 bits per heavy atom. The zero-order valence-electron chi connectivity index (χ0n) is 22.2. The standard InChI is InChI=1S/C30H34N2O6/c1-5-36-29(35)38-24-16-12-21(13-17-24)28(34)32-26-10-7-6-9-25(26)31-27(33)11-8-20-37-23-18-14-22(15-19-23)30(2,3)4/h6-7,9-10,12-19H,5,8,11,20H2,1-4H3,(H,31,33)(H,32,34). The first-order chi connectivity index (χ1) is 18.2. The van der Waals surface area contributed by atoms with Gasteiger partial charge in [-0.15, -0.1) is 0 Å². The van der Waals surface area contributed by atoms with Gasteiger partial charge >= 0.3 is 6.16 Å². The minimum atomic E-state index is -0.810. The summed E-state index contributed by atoms with van der Waals surface area (Å²) < 4.78 is 15.5. The van der Waals surface area contributed by atoms with Crippen molar-refractivity contribution < 1.29 is 28.6 Å². The van der Waals surface area contributed by atoms with Crippen LogP contribution in [-0.2, 0) is 14.9 Å². The third-order valence-corrected chi connectivity index (χ3v) is 5.57. The molecule has 0 aromatic heterocycles. The van der Waals surface area contributed by atoms with Gasteiger partial charge in [-0.25, -0.2) is 4.79 Å². The maximum absolute atomic E-state index is 12.7. The number of ether oxygens (including phenoxy) is 3. The van der Waals surface area contributed by atoms with Crippen LogP contribution in [0, 0.1) is 0 Å². The average Bonchev–Trinajstić information content (AvgIpc) is 2.88. The summed E-state index contributed by atoms with van der Waals surface area (Å²) in [5, 5.41) is 5.66. The normalized spacial score (nSPS) is 10.8. The Balaban J connectivity index is 1.48. The first-order valence-corrected chi connectivity index (χ1v) is 12.5. The van der Waals surface area contributed by atoms with E-state index < -0.39 is 6.16 Å². The van der Waals surface area contributed by atoms with Gasteiger partial charge in [0.2, 0.25) is 5.91 Å². The summed E-state index contributed by atoms with van der Waals surface area (Å²) in [5.41, 5.74) is 2.63. The van der Waals surface area contributed by atoms with Crippen molar-refractivity contribution >= 4 is 29.3 Å². The number of carbonyl (C=O) groups excluding carboxylic acids is 3. The largest absolute Gasteiger partial charge is 0.513 e. The van der Waals surface area contributed by atoms with Gasteiger partial charge in [0, 0.05) is 12.0 Å². The zero-order chi connectivity index (χ0) is 27.5. The molecule has 3 aromatic carbocycles. The highest BCUT2D eigenvalue weighted by Gasteiger charge is 2.14. The Bertz CT molecular complexity index is 1230. The number of para-hydroxylation sites is 2. The molecule has 8 heteroatoms.